The first-order valence-electron chi connectivity index (χ1n) is 7.29. The molecule has 0 bridgehead atoms. The lowest BCUT2D eigenvalue weighted by atomic mass is 9.84. The lowest BCUT2D eigenvalue weighted by Crippen LogP contribution is -2.41. The van der Waals surface area contributed by atoms with Crippen molar-refractivity contribution >= 4 is 0 Å². The molecule has 1 aromatic heterocycles. The molecule has 0 aliphatic heterocycles. The highest BCUT2D eigenvalue weighted by Crippen LogP contribution is 2.26. The first-order valence-corrected chi connectivity index (χ1v) is 7.29. The van der Waals surface area contributed by atoms with Crippen molar-refractivity contribution < 1.29 is 5.11 Å². The molecule has 4 nitrogen and oxygen atoms in total. The molecule has 106 valence electrons. The Morgan fingerprint density at radius 2 is 2.11 bits per heavy atom. The standard InChI is InChI=1S/C15H25N3O/c1-10-14(8-16-12(3)17-10)11(2)18-15-7-5-4-6-13(15)9-19/h8,11,13,15,18-19H,4-7,9H2,1-3H3. The first-order chi connectivity index (χ1) is 9.11. The zero-order chi connectivity index (χ0) is 13.8. The molecule has 19 heavy (non-hydrogen) atoms. The fourth-order valence-electron chi connectivity index (χ4n) is 3.07. The number of hydrogen-bond acceptors (Lipinski definition) is 4. The van der Waals surface area contributed by atoms with E-state index in [1.807, 2.05) is 20.0 Å². The van der Waals surface area contributed by atoms with E-state index in [0.29, 0.717) is 12.0 Å². The van der Waals surface area contributed by atoms with Gasteiger partial charge in [-0.1, -0.05) is 12.8 Å². The summed E-state index contributed by atoms with van der Waals surface area (Å²) in [4.78, 5) is 8.72. The zero-order valence-electron chi connectivity index (χ0n) is 12.2. The van der Waals surface area contributed by atoms with Gasteiger partial charge in [0.15, 0.2) is 0 Å². The van der Waals surface area contributed by atoms with E-state index < -0.39 is 0 Å². The molecule has 2 N–H and O–H groups in total. The minimum atomic E-state index is 0.234. The second kappa shape index (κ2) is 6.44. The molecule has 3 atom stereocenters. The van der Waals surface area contributed by atoms with E-state index in [4.69, 9.17) is 0 Å². The fraction of sp³-hybridized carbons (Fsp3) is 0.733. The lowest BCUT2D eigenvalue weighted by Gasteiger charge is -2.33. The van der Waals surface area contributed by atoms with Crippen LogP contribution in [0.5, 0.6) is 0 Å². The number of hydrogen-bond donors (Lipinski definition) is 2. The number of aliphatic hydroxyl groups excluding tert-OH is 1. The average molecular weight is 263 g/mol. The van der Waals surface area contributed by atoms with E-state index in [2.05, 4.69) is 22.2 Å². The topological polar surface area (TPSA) is 58.0 Å². The Labute approximate surface area is 115 Å². The van der Waals surface area contributed by atoms with Crippen molar-refractivity contribution in [1.29, 1.82) is 0 Å². The van der Waals surface area contributed by atoms with Crippen LogP contribution in [-0.4, -0.2) is 27.7 Å². The molecule has 3 unspecified atom stereocenters. The maximum Gasteiger partial charge on any atom is 0.125 e. The summed E-state index contributed by atoms with van der Waals surface area (Å²) in [7, 11) is 0. The molecular weight excluding hydrogens is 238 g/mol. The van der Waals surface area contributed by atoms with Crippen molar-refractivity contribution in [2.24, 2.45) is 5.92 Å². The van der Waals surface area contributed by atoms with Gasteiger partial charge in [-0.2, -0.15) is 0 Å². The van der Waals surface area contributed by atoms with E-state index >= 15 is 0 Å². The Morgan fingerprint density at radius 1 is 1.37 bits per heavy atom. The van der Waals surface area contributed by atoms with Crippen molar-refractivity contribution in [2.75, 3.05) is 6.61 Å². The fourth-order valence-corrected chi connectivity index (χ4v) is 3.07. The van der Waals surface area contributed by atoms with Gasteiger partial charge in [0.2, 0.25) is 0 Å². The molecule has 4 heteroatoms. The van der Waals surface area contributed by atoms with Crippen LogP contribution in [0.2, 0.25) is 0 Å². The third kappa shape index (κ3) is 3.51. The Balaban J connectivity index is 2.05. The minimum absolute atomic E-state index is 0.234. The van der Waals surface area contributed by atoms with Crippen LogP contribution in [-0.2, 0) is 0 Å². The van der Waals surface area contributed by atoms with E-state index in [1.165, 1.54) is 12.8 Å². The second-order valence-corrected chi connectivity index (χ2v) is 5.68. The highest BCUT2D eigenvalue weighted by atomic mass is 16.3. The molecule has 1 saturated carbocycles. The van der Waals surface area contributed by atoms with Crippen LogP contribution in [0.3, 0.4) is 0 Å². The molecule has 1 fully saturated rings. The Morgan fingerprint density at radius 3 is 2.79 bits per heavy atom. The molecule has 1 aromatic rings. The van der Waals surface area contributed by atoms with Gasteiger partial charge in [0, 0.05) is 36.1 Å². The van der Waals surface area contributed by atoms with Crippen LogP contribution in [0.25, 0.3) is 0 Å². The van der Waals surface area contributed by atoms with Gasteiger partial charge in [-0.05, 0) is 39.5 Å². The molecule has 0 aromatic carbocycles. The van der Waals surface area contributed by atoms with Gasteiger partial charge >= 0.3 is 0 Å². The van der Waals surface area contributed by atoms with Crippen molar-refractivity contribution in [3.05, 3.63) is 23.3 Å². The first kappa shape index (κ1) is 14.4. The van der Waals surface area contributed by atoms with Crippen molar-refractivity contribution in [3.63, 3.8) is 0 Å². The van der Waals surface area contributed by atoms with Crippen LogP contribution in [0, 0.1) is 19.8 Å². The van der Waals surface area contributed by atoms with Crippen molar-refractivity contribution in [2.45, 2.75) is 58.5 Å². The molecule has 1 aliphatic carbocycles. The summed E-state index contributed by atoms with van der Waals surface area (Å²) in [5, 5.41) is 13.1. The number of aromatic nitrogens is 2. The Bertz CT molecular complexity index is 422. The highest BCUT2D eigenvalue weighted by molar-refractivity contribution is 5.19. The zero-order valence-corrected chi connectivity index (χ0v) is 12.2. The molecule has 1 aliphatic rings. The number of aliphatic hydroxyl groups is 1. The van der Waals surface area contributed by atoms with Crippen LogP contribution in [0.1, 0.15) is 55.7 Å². The average Bonchev–Trinajstić information content (AvgIpc) is 2.39. The molecule has 0 saturated heterocycles. The molecule has 0 spiro atoms. The van der Waals surface area contributed by atoms with Crippen LogP contribution in [0.4, 0.5) is 0 Å². The molecule has 0 radical (unpaired) electrons. The van der Waals surface area contributed by atoms with E-state index in [0.717, 1.165) is 29.9 Å². The van der Waals surface area contributed by atoms with Crippen LogP contribution in [0.15, 0.2) is 6.20 Å². The number of rotatable bonds is 4. The molecule has 1 heterocycles. The summed E-state index contributed by atoms with van der Waals surface area (Å²) < 4.78 is 0. The lowest BCUT2D eigenvalue weighted by molar-refractivity contribution is 0.147. The molecular formula is C15H25N3O. The monoisotopic (exact) mass is 263 g/mol. The van der Waals surface area contributed by atoms with Crippen molar-refractivity contribution in [1.82, 2.24) is 15.3 Å². The summed E-state index contributed by atoms with van der Waals surface area (Å²) in [5.74, 6) is 1.21. The number of aryl methyl sites for hydroxylation is 2. The van der Waals surface area contributed by atoms with E-state index in [9.17, 15) is 5.11 Å². The van der Waals surface area contributed by atoms with Gasteiger partial charge in [0.1, 0.15) is 5.82 Å². The normalized spacial score (nSPS) is 25.3. The summed E-state index contributed by atoms with van der Waals surface area (Å²) in [6.45, 7) is 6.39. The summed E-state index contributed by atoms with van der Waals surface area (Å²) in [5.41, 5.74) is 2.21. The smallest absolute Gasteiger partial charge is 0.125 e. The number of nitrogens with one attached hydrogen (secondary N) is 1. The third-order valence-corrected chi connectivity index (χ3v) is 4.21. The minimum Gasteiger partial charge on any atom is -0.396 e. The van der Waals surface area contributed by atoms with Gasteiger partial charge in [0.25, 0.3) is 0 Å². The molecule has 2 rings (SSSR count). The summed E-state index contributed by atoms with van der Waals surface area (Å²) in [6.07, 6.45) is 6.70. The maximum absolute atomic E-state index is 9.47. The van der Waals surface area contributed by atoms with Gasteiger partial charge in [-0.3, -0.25) is 0 Å². The quantitative estimate of drug-likeness (QED) is 0.875. The van der Waals surface area contributed by atoms with Gasteiger partial charge in [-0.25, -0.2) is 9.97 Å². The third-order valence-electron chi connectivity index (χ3n) is 4.21. The van der Waals surface area contributed by atoms with Gasteiger partial charge in [-0.15, -0.1) is 0 Å². The predicted molar refractivity (Wildman–Crippen MR) is 75.9 cm³/mol. The summed E-state index contributed by atoms with van der Waals surface area (Å²) >= 11 is 0. The van der Waals surface area contributed by atoms with Crippen molar-refractivity contribution in [3.8, 4) is 0 Å². The van der Waals surface area contributed by atoms with E-state index in [-0.39, 0.29) is 12.6 Å². The number of nitrogens with zero attached hydrogens (tertiary/aromatic N) is 2. The summed E-state index contributed by atoms with van der Waals surface area (Å²) in [6, 6.07) is 0.646. The molecule has 0 amide bonds. The highest BCUT2D eigenvalue weighted by Gasteiger charge is 2.26. The van der Waals surface area contributed by atoms with E-state index in [1.54, 1.807) is 0 Å². The van der Waals surface area contributed by atoms with Gasteiger partial charge < -0.3 is 10.4 Å². The van der Waals surface area contributed by atoms with Crippen LogP contribution < -0.4 is 5.32 Å². The maximum atomic E-state index is 9.47. The Hall–Kier alpha value is -1.00. The largest absolute Gasteiger partial charge is 0.396 e. The second-order valence-electron chi connectivity index (χ2n) is 5.68. The van der Waals surface area contributed by atoms with Crippen LogP contribution >= 0.6 is 0 Å². The predicted octanol–water partition coefficient (Wildman–Crippen LogP) is 2.30. The SMILES string of the molecule is Cc1ncc(C(C)NC2CCCCC2CO)c(C)n1. The van der Waals surface area contributed by atoms with Gasteiger partial charge in [0.05, 0.1) is 0 Å². The Kier molecular flexibility index (Phi) is 4.88.